The number of hydrogen-bond acceptors (Lipinski definition) is 6. The summed E-state index contributed by atoms with van der Waals surface area (Å²) in [5.41, 5.74) is 0.246. The van der Waals surface area contributed by atoms with Gasteiger partial charge < -0.3 is 10.1 Å². The zero-order chi connectivity index (χ0) is 19.4. The first-order chi connectivity index (χ1) is 12.9. The third-order valence-electron chi connectivity index (χ3n) is 3.68. The number of amides is 1. The van der Waals surface area contributed by atoms with E-state index in [1.807, 2.05) is 0 Å². The number of nitrogens with one attached hydrogen (secondary N) is 1. The number of ether oxygens (including phenoxy) is 1. The Morgan fingerprint density at radius 2 is 1.96 bits per heavy atom. The lowest BCUT2D eigenvalue weighted by atomic mass is 10.2. The molecular weight excluding hydrogens is 375 g/mol. The van der Waals surface area contributed by atoms with E-state index in [4.69, 9.17) is 4.74 Å². The van der Waals surface area contributed by atoms with Crippen molar-refractivity contribution >= 4 is 39.0 Å². The van der Waals surface area contributed by atoms with E-state index in [0.29, 0.717) is 15.6 Å². The molecule has 138 valence electrons. The Labute approximate surface area is 156 Å². The molecule has 0 bridgehead atoms. The fourth-order valence-corrected chi connectivity index (χ4v) is 3.27. The molecule has 0 spiro atoms. The molecule has 7 nitrogen and oxygen atoms in total. The summed E-state index contributed by atoms with van der Waals surface area (Å²) in [5.74, 6) is -1.71. The number of halogens is 1. The van der Waals surface area contributed by atoms with E-state index in [2.05, 4.69) is 5.32 Å². The predicted octanol–water partition coefficient (Wildman–Crippen LogP) is 3.42. The van der Waals surface area contributed by atoms with Gasteiger partial charge in [0.15, 0.2) is 6.61 Å². The second-order valence-electron chi connectivity index (χ2n) is 5.53. The first-order valence-corrected chi connectivity index (χ1v) is 8.61. The van der Waals surface area contributed by atoms with Crippen molar-refractivity contribution in [2.45, 2.75) is 6.54 Å². The number of esters is 1. The molecule has 3 aromatic rings. The second-order valence-corrected chi connectivity index (χ2v) is 6.62. The molecule has 0 fully saturated rings. The number of nitrogens with zero attached hydrogens (tertiary/aromatic N) is 1. The van der Waals surface area contributed by atoms with Gasteiger partial charge in [0.2, 0.25) is 0 Å². The third kappa shape index (κ3) is 4.45. The molecule has 0 saturated heterocycles. The van der Waals surface area contributed by atoms with Crippen LogP contribution in [-0.2, 0) is 16.1 Å². The smallest absolute Gasteiger partial charge is 0.348 e. The van der Waals surface area contributed by atoms with E-state index in [9.17, 15) is 24.1 Å². The molecule has 0 unspecified atom stereocenters. The fraction of sp³-hybridized carbons (Fsp3) is 0.111. The Morgan fingerprint density at radius 3 is 2.70 bits per heavy atom. The van der Waals surface area contributed by atoms with Gasteiger partial charge in [-0.25, -0.2) is 9.18 Å². The van der Waals surface area contributed by atoms with Crippen LogP contribution in [0.15, 0.2) is 48.5 Å². The van der Waals surface area contributed by atoms with Gasteiger partial charge in [-0.2, -0.15) is 0 Å². The molecule has 0 aliphatic carbocycles. The van der Waals surface area contributed by atoms with Gasteiger partial charge in [0, 0.05) is 34.3 Å². The lowest BCUT2D eigenvalue weighted by molar-refractivity contribution is -0.384. The van der Waals surface area contributed by atoms with Gasteiger partial charge in [-0.05, 0) is 18.2 Å². The number of fused-ring (bicyclic) bond motifs is 1. The van der Waals surface area contributed by atoms with E-state index >= 15 is 0 Å². The van der Waals surface area contributed by atoms with E-state index in [0.717, 1.165) is 11.3 Å². The SMILES string of the molecule is O=C(COC(=O)c1cc2cc([N+](=O)[O-])ccc2s1)NCc1ccccc1F. The number of nitro benzene ring substituents is 1. The molecule has 9 heteroatoms. The van der Waals surface area contributed by atoms with E-state index in [-0.39, 0.29) is 17.1 Å². The number of benzene rings is 2. The highest BCUT2D eigenvalue weighted by Crippen LogP contribution is 2.29. The molecule has 1 amide bonds. The van der Waals surface area contributed by atoms with Crippen LogP contribution >= 0.6 is 11.3 Å². The van der Waals surface area contributed by atoms with Crippen molar-refractivity contribution in [3.05, 3.63) is 74.9 Å². The number of nitro groups is 1. The van der Waals surface area contributed by atoms with Gasteiger partial charge in [-0.1, -0.05) is 18.2 Å². The van der Waals surface area contributed by atoms with Gasteiger partial charge in [0.05, 0.1) is 4.92 Å². The molecule has 27 heavy (non-hydrogen) atoms. The Morgan fingerprint density at radius 1 is 1.19 bits per heavy atom. The average Bonchev–Trinajstić information content (AvgIpc) is 3.08. The summed E-state index contributed by atoms with van der Waals surface area (Å²) in [5, 5.41) is 13.8. The van der Waals surface area contributed by atoms with Crippen LogP contribution in [0.5, 0.6) is 0 Å². The maximum Gasteiger partial charge on any atom is 0.348 e. The standard InChI is InChI=1S/C18H13FN2O5S/c19-14-4-2-1-3-11(14)9-20-17(22)10-26-18(23)16-8-12-7-13(21(24)25)5-6-15(12)27-16/h1-8H,9-10H2,(H,20,22). The van der Waals surface area contributed by atoms with E-state index in [1.165, 1.54) is 30.3 Å². The predicted molar refractivity (Wildman–Crippen MR) is 97.0 cm³/mol. The molecule has 1 N–H and O–H groups in total. The molecule has 1 aromatic heterocycles. The van der Waals surface area contributed by atoms with Crippen LogP contribution in [0, 0.1) is 15.9 Å². The quantitative estimate of drug-likeness (QED) is 0.396. The summed E-state index contributed by atoms with van der Waals surface area (Å²) in [6, 6.07) is 11.8. The van der Waals surface area contributed by atoms with Crippen molar-refractivity contribution in [1.29, 1.82) is 0 Å². The summed E-state index contributed by atoms with van der Waals surface area (Å²) >= 11 is 1.11. The van der Waals surface area contributed by atoms with Crippen LogP contribution < -0.4 is 5.32 Å². The van der Waals surface area contributed by atoms with Gasteiger partial charge in [-0.3, -0.25) is 14.9 Å². The largest absolute Gasteiger partial charge is 0.451 e. The molecule has 0 atom stereocenters. The highest BCUT2D eigenvalue weighted by Gasteiger charge is 2.15. The number of rotatable bonds is 6. The minimum absolute atomic E-state index is 0.0182. The van der Waals surface area contributed by atoms with Gasteiger partial charge in [0.1, 0.15) is 10.7 Å². The number of non-ortho nitro benzene ring substituents is 1. The van der Waals surface area contributed by atoms with Crippen LogP contribution in [0.4, 0.5) is 10.1 Å². The first-order valence-electron chi connectivity index (χ1n) is 7.79. The molecule has 1 heterocycles. The Hall–Kier alpha value is -3.33. The van der Waals surface area contributed by atoms with Crippen LogP contribution in [-0.4, -0.2) is 23.4 Å². The molecular formula is C18H13FN2O5S. The van der Waals surface area contributed by atoms with Crippen molar-refractivity contribution in [3.8, 4) is 0 Å². The molecule has 3 rings (SSSR count). The zero-order valence-corrected chi connectivity index (χ0v) is 14.6. The normalized spacial score (nSPS) is 10.6. The summed E-state index contributed by atoms with van der Waals surface area (Å²) in [6.45, 7) is -0.530. The second kappa shape index (κ2) is 7.92. The molecule has 2 aromatic carbocycles. The van der Waals surface area contributed by atoms with Crippen molar-refractivity contribution in [2.24, 2.45) is 0 Å². The van der Waals surface area contributed by atoms with Crippen molar-refractivity contribution in [3.63, 3.8) is 0 Å². The van der Waals surface area contributed by atoms with Crippen molar-refractivity contribution in [1.82, 2.24) is 5.32 Å². The van der Waals surface area contributed by atoms with Crippen molar-refractivity contribution < 1.29 is 23.6 Å². The minimum Gasteiger partial charge on any atom is -0.451 e. The number of thiophene rings is 1. The lowest BCUT2D eigenvalue weighted by Crippen LogP contribution is -2.28. The third-order valence-corrected chi connectivity index (χ3v) is 4.78. The minimum atomic E-state index is -0.708. The van der Waals surface area contributed by atoms with Gasteiger partial charge in [0.25, 0.3) is 11.6 Å². The zero-order valence-electron chi connectivity index (χ0n) is 13.8. The maximum atomic E-state index is 13.5. The van der Waals surface area contributed by atoms with Crippen LogP contribution in [0.3, 0.4) is 0 Å². The van der Waals surface area contributed by atoms with Gasteiger partial charge in [-0.15, -0.1) is 11.3 Å². The lowest BCUT2D eigenvalue weighted by Gasteiger charge is -2.06. The highest BCUT2D eigenvalue weighted by molar-refractivity contribution is 7.20. The van der Waals surface area contributed by atoms with Crippen LogP contribution in [0.25, 0.3) is 10.1 Å². The van der Waals surface area contributed by atoms with Crippen molar-refractivity contribution in [2.75, 3.05) is 6.61 Å². The maximum absolute atomic E-state index is 13.5. The summed E-state index contributed by atoms with van der Waals surface area (Å²) < 4.78 is 19.1. The molecule has 0 saturated carbocycles. The topological polar surface area (TPSA) is 98.5 Å². The Balaban J connectivity index is 1.57. The summed E-state index contributed by atoms with van der Waals surface area (Å²) in [4.78, 5) is 34.4. The first kappa shape index (κ1) is 18.5. The van der Waals surface area contributed by atoms with Crippen LogP contribution in [0.1, 0.15) is 15.2 Å². The van der Waals surface area contributed by atoms with Gasteiger partial charge >= 0.3 is 5.97 Å². The number of carbonyl (C=O) groups is 2. The molecule has 0 aliphatic heterocycles. The highest BCUT2D eigenvalue weighted by atomic mass is 32.1. The average molecular weight is 388 g/mol. The number of carbonyl (C=O) groups excluding carboxylic acids is 2. The molecule has 0 aliphatic rings. The van der Waals surface area contributed by atoms with E-state index < -0.39 is 29.2 Å². The summed E-state index contributed by atoms with van der Waals surface area (Å²) in [6.07, 6.45) is 0. The van der Waals surface area contributed by atoms with Crippen LogP contribution in [0.2, 0.25) is 0 Å². The summed E-state index contributed by atoms with van der Waals surface area (Å²) in [7, 11) is 0. The monoisotopic (exact) mass is 388 g/mol. The van der Waals surface area contributed by atoms with E-state index in [1.54, 1.807) is 18.2 Å². The Kier molecular flexibility index (Phi) is 5.41. The fourth-order valence-electron chi connectivity index (χ4n) is 2.33. The number of hydrogen-bond donors (Lipinski definition) is 1. The molecule has 0 radical (unpaired) electrons. The Bertz CT molecular complexity index is 1030.